The second-order valence-corrected chi connectivity index (χ2v) is 3.84. The van der Waals surface area contributed by atoms with E-state index in [1.54, 1.807) is 11.8 Å². The molecule has 1 heterocycles. The maximum atomic E-state index is 5.32. The molecule has 0 saturated heterocycles. The van der Waals surface area contributed by atoms with E-state index in [1.807, 2.05) is 14.0 Å². The average Bonchev–Trinajstić information content (AvgIpc) is 2.50. The molecule has 0 bridgehead atoms. The van der Waals surface area contributed by atoms with Gasteiger partial charge in [0.05, 0.1) is 18.4 Å². The Labute approximate surface area is 97.3 Å². The van der Waals surface area contributed by atoms with Gasteiger partial charge in [0, 0.05) is 13.1 Å². The molecule has 16 heavy (non-hydrogen) atoms. The minimum atomic E-state index is 0.356. The summed E-state index contributed by atoms with van der Waals surface area (Å²) < 4.78 is 7.07. The second-order valence-electron chi connectivity index (χ2n) is 3.84. The molecular weight excluding hydrogens is 202 g/mol. The van der Waals surface area contributed by atoms with Gasteiger partial charge in [-0.25, -0.2) is 4.68 Å². The van der Waals surface area contributed by atoms with Crippen molar-refractivity contribution in [2.45, 2.75) is 26.8 Å². The number of ether oxygens (including phenoxy) is 1. The van der Waals surface area contributed by atoms with E-state index in [0.29, 0.717) is 6.04 Å². The summed E-state index contributed by atoms with van der Waals surface area (Å²) in [6, 6.07) is 0.356. The van der Waals surface area contributed by atoms with E-state index >= 15 is 0 Å². The Bertz CT molecular complexity index is 369. The Balaban J connectivity index is 2.87. The number of hydrogen-bond acceptors (Lipinski definition) is 3. The van der Waals surface area contributed by atoms with Crippen LogP contribution < -0.4 is 10.1 Å². The lowest BCUT2D eigenvalue weighted by Gasteiger charge is -2.06. The van der Waals surface area contributed by atoms with Crippen LogP contribution in [0.2, 0.25) is 0 Å². The monoisotopic (exact) mass is 223 g/mol. The van der Waals surface area contributed by atoms with Crippen molar-refractivity contribution in [2.24, 2.45) is 7.05 Å². The van der Waals surface area contributed by atoms with E-state index < -0.39 is 0 Å². The third-order valence-electron chi connectivity index (χ3n) is 2.49. The van der Waals surface area contributed by atoms with Crippen molar-refractivity contribution in [3.05, 3.63) is 17.3 Å². The second kappa shape index (κ2) is 5.70. The van der Waals surface area contributed by atoms with Gasteiger partial charge in [-0.05, 0) is 20.4 Å². The summed E-state index contributed by atoms with van der Waals surface area (Å²) in [6.07, 6.45) is 4.19. The number of aromatic nitrogens is 2. The lowest BCUT2D eigenvalue weighted by atomic mass is 10.2. The van der Waals surface area contributed by atoms with Crippen LogP contribution in [-0.2, 0) is 7.05 Å². The van der Waals surface area contributed by atoms with Gasteiger partial charge in [-0.15, -0.1) is 0 Å². The summed E-state index contributed by atoms with van der Waals surface area (Å²) in [5, 5.41) is 7.65. The lowest BCUT2D eigenvalue weighted by Crippen LogP contribution is -2.22. The van der Waals surface area contributed by atoms with Crippen molar-refractivity contribution < 1.29 is 4.74 Å². The van der Waals surface area contributed by atoms with E-state index in [2.05, 4.69) is 36.4 Å². The summed E-state index contributed by atoms with van der Waals surface area (Å²) >= 11 is 0. The van der Waals surface area contributed by atoms with Gasteiger partial charge >= 0.3 is 0 Å². The van der Waals surface area contributed by atoms with Crippen LogP contribution in [0.25, 0.3) is 6.08 Å². The van der Waals surface area contributed by atoms with Crippen LogP contribution in [0, 0.1) is 6.92 Å². The Kier molecular flexibility index (Phi) is 4.55. The van der Waals surface area contributed by atoms with Gasteiger partial charge in [-0.2, -0.15) is 5.10 Å². The number of methoxy groups -OCH3 is 1. The minimum Gasteiger partial charge on any atom is -0.481 e. The molecule has 0 fully saturated rings. The standard InChI is InChI=1S/C12H21N3O/c1-6-13-9(2)7-8-11-10(3)14-15(4)12(11)16-5/h7-9,13H,6H2,1-5H3/b8-7+. The average molecular weight is 223 g/mol. The fourth-order valence-corrected chi connectivity index (χ4v) is 1.72. The molecule has 0 amide bonds. The molecule has 1 aromatic heterocycles. The summed E-state index contributed by atoms with van der Waals surface area (Å²) in [7, 11) is 3.55. The summed E-state index contributed by atoms with van der Waals surface area (Å²) in [6.45, 7) is 7.17. The van der Waals surface area contributed by atoms with Crippen LogP contribution in [0.5, 0.6) is 5.88 Å². The van der Waals surface area contributed by atoms with E-state index in [4.69, 9.17) is 4.74 Å². The predicted molar refractivity (Wildman–Crippen MR) is 66.7 cm³/mol. The highest BCUT2D eigenvalue weighted by Gasteiger charge is 2.10. The van der Waals surface area contributed by atoms with Crippen LogP contribution in [0.4, 0.5) is 0 Å². The molecule has 0 aromatic carbocycles. The fourth-order valence-electron chi connectivity index (χ4n) is 1.72. The molecule has 1 rings (SSSR count). The maximum absolute atomic E-state index is 5.32. The molecule has 0 radical (unpaired) electrons. The molecule has 0 aliphatic rings. The first-order valence-corrected chi connectivity index (χ1v) is 5.59. The molecule has 0 spiro atoms. The van der Waals surface area contributed by atoms with Crippen molar-refractivity contribution >= 4 is 6.08 Å². The largest absolute Gasteiger partial charge is 0.481 e. The van der Waals surface area contributed by atoms with Gasteiger partial charge in [0.15, 0.2) is 0 Å². The third kappa shape index (κ3) is 2.85. The van der Waals surface area contributed by atoms with Crippen molar-refractivity contribution in [1.29, 1.82) is 0 Å². The van der Waals surface area contributed by atoms with E-state index in [1.165, 1.54) is 0 Å². The molecule has 4 nitrogen and oxygen atoms in total. The van der Waals surface area contributed by atoms with Gasteiger partial charge in [0.2, 0.25) is 5.88 Å². The number of likely N-dealkylation sites (N-methyl/N-ethyl adjacent to an activating group) is 1. The number of nitrogens with one attached hydrogen (secondary N) is 1. The van der Waals surface area contributed by atoms with Gasteiger partial charge in [-0.3, -0.25) is 0 Å². The quantitative estimate of drug-likeness (QED) is 0.826. The number of hydrogen-bond donors (Lipinski definition) is 1. The van der Waals surface area contributed by atoms with Crippen LogP contribution in [0.3, 0.4) is 0 Å². The number of rotatable bonds is 5. The topological polar surface area (TPSA) is 39.1 Å². The molecular formula is C12H21N3O. The normalized spacial score (nSPS) is 13.3. The summed E-state index contributed by atoms with van der Waals surface area (Å²) in [5.41, 5.74) is 2.04. The van der Waals surface area contributed by atoms with E-state index in [9.17, 15) is 0 Å². The molecule has 1 aromatic rings. The number of nitrogens with zero attached hydrogens (tertiary/aromatic N) is 2. The Morgan fingerprint density at radius 2 is 2.25 bits per heavy atom. The Morgan fingerprint density at radius 1 is 1.56 bits per heavy atom. The first-order valence-electron chi connectivity index (χ1n) is 5.59. The van der Waals surface area contributed by atoms with Crippen LogP contribution >= 0.6 is 0 Å². The SMILES string of the molecule is CCNC(C)/C=C/c1c(C)nn(C)c1OC. The van der Waals surface area contributed by atoms with Gasteiger partial charge < -0.3 is 10.1 Å². The highest BCUT2D eigenvalue weighted by molar-refractivity contribution is 5.58. The summed E-state index contributed by atoms with van der Waals surface area (Å²) in [5.74, 6) is 0.803. The van der Waals surface area contributed by atoms with Gasteiger partial charge in [0.1, 0.15) is 0 Å². The highest BCUT2D eigenvalue weighted by atomic mass is 16.5. The van der Waals surface area contributed by atoms with Crippen molar-refractivity contribution in [3.8, 4) is 5.88 Å². The maximum Gasteiger partial charge on any atom is 0.218 e. The first-order chi connectivity index (χ1) is 7.60. The zero-order valence-electron chi connectivity index (χ0n) is 10.7. The zero-order valence-corrected chi connectivity index (χ0v) is 10.7. The molecule has 0 aliphatic carbocycles. The number of aryl methyl sites for hydroxylation is 2. The molecule has 1 N–H and O–H groups in total. The molecule has 1 unspecified atom stereocenters. The minimum absolute atomic E-state index is 0.356. The van der Waals surface area contributed by atoms with Gasteiger partial charge in [-0.1, -0.05) is 19.1 Å². The predicted octanol–water partition coefficient (Wildman–Crippen LogP) is 1.75. The highest BCUT2D eigenvalue weighted by Crippen LogP contribution is 2.22. The van der Waals surface area contributed by atoms with Crippen LogP contribution in [0.1, 0.15) is 25.1 Å². The lowest BCUT2D eigenvalue weighted by molar-refractivity contribution is 0.372. The van der Waals surface area contributed by atoms with Crippen molar-refractivity contribution in [2.75, 3.05) is 13.7 Å². The molecule has 0 aliphatic heterocycles. The fraction of sp³-hybridized carbons (Fsp3) is 0.583. The van der Waals surface area contributed by atoms with Crippen LogP contribution in [0.15, 0.2) is 6.08 Å². The zero-order chi connectivity index (χ0) is 12.1. The molecule has 90 valence electrons. The van der Waals surface area contributed by atoms with Crippen molar-refractivity contribution in [1.82, 2.24) is 15.1 Å². The van der Waals surface area contributed by atoms with Crippen LogP contribution in [-0.4, -0.2) is 29.5 Å². The van der Waals surface area contributed by atoms with Gasteiger partial charge in [0.25, 0.3) is 0 Å². The smallest absolute Gasteiger partial charge is 0.218 e. The molecule has 4 heteroatoms. The Hall–Kier alpha value is -1.29. The molecule has 0 saturated carbocycles. The summed E-state index contributed by atoms with van der Waals surface area (Å²) in [4.78, 5) is 0. The van der Waals surface area contributed by atoms with E-state index in [0.717, 1.165) is 23.7 Å². The third-order valence-corrected chi connectivity index (χ3v) is 2.49. The molecule has 1 atom stereocenters. The first kappa shape index (κ1) is 12.8. The van der Waals surface area contributed by atoms with E-state index in [-0.39, 0.29) is 0 Å². The van der Waals surface area contributed by atoms with Crippen molar-refractivity contribution in [3.63, 3.8) is 0 Å². The Morgan fingerprint density at radius 3 is 2.81 bits per heavy atom.